The van der Waals surface area contributed by atoms with E-state index in [9.17, 15) is 14.4 Å². The summed E-state index contributed by atoms with van der Waals surface area (Å²) in [6.45, 7) is 37.8. The molecule has 0 N–H and O–H groups in total. The monoisotopic (exact) mass is 864 g/mol. The Bertz CT molecular complexity index is 1260. The van der Waals surface area contributed by atoms with Gasteiger partial charge in [0.25, 0.3) is 0 Å². The van der Waals surface area contributed by atoms with Crippen LogP contribution >= 0.6 is 0 Å². The van der Waals surface area contributed by atoms with Gasteiger partial charge in [0.1, 0.15) is 0 Å². The van der Waals surface area contributed by atoms with Gasteiger partial charge in [-0.25, -0.2) is 0 Å². The van der Waals surface area contributed by atoms with Gasteiger partial charge < -0.3 is 0 Å². The van der Waals surface area contributed by atoms with Gasteiger partial charge in [-0.2, -0.15) is 0 Å². The summed E-state index contributed by atoms with van der Waals surface area (Å²) in [5, 5.41) is 0. The van der Waals surface area contributed by atoms with E-state index in [-0.39, 0.29) is 91.6 Å². The Kier molecular flexibility index (Phi) is 29.2. The van der Waals surface area contributed by atoms with Crippen molar-refractivity contribution >= 4 is 71.1 Å². The molecular formula is C40H65Ge2KO3Si3. The molecule has 6 radical (unpaired) electrons. The number of carbonyl (C=O) groups excluding carboxylic acids is 3. The van der Waals surface area contributed by atoms with Crippen molar-refractivity contribution in [3.63, 3.8) is 0 Å². The summed E-state index contributed by atoms with van der Waals surface area (Å²) < 4.78 is -0.656. The van der Waals surface area contributed by atoms with Gasteiger partial charge in [-0.15, -0.1) is 0 Å². The van der Waals surface area contributed by atoms with E-state index in [0.717, 1.165) is 50.1 Å². The maximum atomic E-state index is 14.2. The van der Waals surface area contributed by atoms with Gasteiger partial charge in [0.2, 0.25) is 0 Å². The number of carbonyl (C=O) groups is 3. The summed E-state index contributed by atoms with van der Waals surface area (Å²) in [6, 6.07) is 11.8. The summed E-state index contributed by atoms with van der Waals surface area (Å²) in [6.07, 6.45) is 0. The van der Waals surface area contributed by atoms with E-state index in [1.807, 2.05) is 121 Å². The van der Waals surface area contributed by atoms with Gasteiger partial charge in [0.05, 0.1) is 0 Å². The second-order valence-corrected chi connectivity index (χ2v) is 29.9. The fraction of sp³-hybridized carbons (Fsp3) is 0.475. The van der Waals surface area contributed by atoms with Crippen molar-refractivity contribution in [2.45, 2.75) is 127 Å². The van der Waals surface area contributed by atoms with Gasteiger partial charge in [-0.1, -0.05) is 58.9 Å². The van der Waals surface area contributed by atoms with Crippen LogP contribution in [0.4, 0.5) is 0 Å². The Labute approximate surface area is 362 Å². The molecule has 0 spiro atoms. The third kappa shape index (κ3) is 19.6. The minimum absolute atomic E-state index is 0. The molecule has 0 heterocycles. The summed E-state index contributed by atoms with van der Waals surface area (Å²) >= 11 is -2.28. The normalized spacial score (nSPS) is 10.2. The molecule has 3 nitrogen and oxygen atoms in total. The van der Waals surface area contributed by atoms with Gasteiger partial charge in [-0.3, -0.25) is 0 Å². The summed E-state index contributed by atoms with van der Waals surface area (Å²) in [7, 11) is 0.361. The van der Waals surface area contributed by atoms with E-state index < -0.39 is 14.3 Å². The Morgan fingerprint density at radius 2 is 0.531 bits per heavy atom. The van der Waals surface area contributed by atoms with Crippen molar-refractivity contribution in [3.05, 3.63) is 103 Å². The minimum atomic E-state index is -4.28. The quantitative estimate of drug-likeness (QED) is 0.245. The molecule has 0 aliphatic heterocycles. The van der Waals surface area contributed by atoms with Crippen molar-refractivity contribution in [3.8, 4) is 0 Å². The molecule has 0 aromatic heterocycles. The zero-order valence-corrected chi connectivity index (χ0v) is 46.1. The van der Waals surface area contributed by atoms with E-state index in [1.54, 1.807) is 0 Å². The summed E-state index contributed by atoms with van der Waals surface area (Å²) in [5.41, 5.74) is 9.84. The zero-order valence-electron chi connectivity index (χ0n) is 34.9. The van der Waals surface area contributed by atoms with E-state index in [2.05, 4.69) is 58.9 Å². The van der Waals surface area contributed by atoms with Crippen LogP contribution in [0.3, 0.4) is 0 Å². The first-order valence-corrected chi connectivity index (χ1v) is 32.4. The van der Waals surface area contributed by atoms with Crippen LogP contribution in [0.15, 0.2) is 36.4 Å². The summed E-state index contributed by atoms with van der Waals surface area (Å²) in [4.78, 5) is 42.5. The van der Waals surface area contributed by atoms with Crippen LogP contribution < -0.4 is 51.4 Å². The van der Waals surface area contributed by atoms with E-state index in [1.165, 1.54) is 0 Å². The maximum Gasteiger partial charge on any atom is 1.00 e. The standard InChI is InChI=1S/C30H35GeO3.3C3H9Si.CH3Ge.K/c1-16-10-19(4)25(20(5)11-16)28(32)31(29(33)26-21(6)12-17(2)13-22(26)7)30(34)27-23(8)14-18(3)15-24(27)9;3*1-4(2)3;1-2;/h10-15H,31H2,1-9H3;3*1-3H3;1H3;/q-1;;;;;+1. The second-order valence-electron chi connectivity index (χ2n) is 14.6. The predicted octanol–water partition coefficient (Wildman–Crippen LogP) is 7.31. The average Bonchev–Trinajstić information content (AvgIpc) is 2.87. The molecule has 0 saturated heterocycles. The number of benzene rings is 3. The predicted molar refractivity (Wildman–Crippen MR) is 225 cm³/mol. The van der Waals surface area contributed by atoms with Gasteiger partial charge in [0, 0.05) is 26.4 Å². The first-order valence-electron chi connectivity index (χ1n) is 16.9. The Balaban J connectivity index is -0.00000121. The number of rotatable bonds is 6. The minimum Gasteiger partial charge on any atom is 1.00 e. The maximum absolute atomic E-state index is 14.2. The molecule has 9 heteroatoms. The van der Waals surface area contributed by atoms with Crippen molar-refractivity contribution in [2.75, 3.05) is 0 Å². The molecular weight excluding hydrogens is 797 g/mol. The van der Waals surface area contributed by atoms with Gasteiger partial charge in [0.15, 0.2) is 0 Å². The van der Waals surface area contributed by atoms with E-state index >= 15 is 0 Å². The van der Waals surface area contributed by atoms with Crippen molar-refractivity contribution in [1.82, 2.24) is 0 Å². The Morgan fingerprint density at radius 3 is 0.653 bits per heavy atom. The molecule has 3 aromatic rings. The third-order valence-corrected chi connectivity index (χ3v) is 13.1. The zero-order chi connectivity index (χ0) is 38.2. The molecule has 0 bridgehead atoms. The third-order valence-electron chi connectivity index (χ3n) is 6.83. The van der Waals surface area contributed by atoms with Crippen LogP contribution in [0, 0.1) is 62.3 Å². The van der Waals surface area contributed by atoms with Crippen LogP contribution in [0.25, 0.3) is 0 Å². The smallest absolute Gasteiger partial charge is 1.00 e. The molecule has 3 aromatic carbocycles. The number of hydrogen-bond donors (Lipinski definition) is 0. The van der Waals surface area contributed by atoms with Gasteiger partial charge >= 0.3 is 282 Å². The first kappa shape index (κ1) is 53.4. The van der Waals surface area contributed by atoms with Gasteiger partial charge in [-0.05, 0) is 0 Å². The van der Waals surface area contributed by atoms with Crippen molar-refractivity contribution < 1.29 is 65.8 Å². The SMILES string of the molecule is C[Si](C)C.C[Si](C)C.C[Si](C)C.Cc1cc(C)c([C](=O)[GeH2-]([C](=O)c2c(C)cc(C)cc2C)[C](=O)c2c(C)cc(C)cc2C)c(C)c1.[CH3][Ge].[K+]. The molecule has 0 atom stereocenters. The van der Waals surface area contributed by atoms with E-state index in [0.29, 0.717) is 16.7 Å². The molecule has 0 amide bonds. The molecule has 49 heavy (non-hydrogen) atoms. The molecule has 0 saturated carbocycles. The Hall–Kier alpha value is 0.0427. The largest absolute Gasteiger partial charge is 1.00 e. The molecule has 0 fully saturated rings. The van der Waals surface area contributed by atoms with Crippen LogP contribution in [0.1, 0.15) is 81.1 Å². The molecule has 3 rings (SSSR count). The fourth-order valence-electron chi connectivity index (χ4n) is 5.83. The number of hydrogen-bond acceptors (Lipinski definition) is 3. The molecule has 264 valence electrons. The first-order chi connectivity index (χ1) is 22.0. The van der Waals surface area contributed by atoms with Crippen LogP contribution in [-0.2, 0) is 0 Å². The van der Waals surface area contributed by atoms with E-state index in [4.69, 9.17) is 0 Å². The Morgan fingerprint density at radius 1 is 0.408 bits per heavy atom. The average molecular weight is 863 g/mol. The van der Waals surface area contributed by atoms with Crippen LogP contribution in [0.2, 0.25) is 64.7 Å². The topological polar surface area (TPSA) is 51.2 Å². The molecule has 0 aliphatic carbocycles. The summed E-state index contributed by atoms with van der Waals surface area (Å²) in [5.74, 6) is 2.00. The molecule has 0 aliphatic rings. The molecule has 0 unspecified atom stereocenters. The fourth-order valence-corrected chi connectivity index (χ4v) is 13.4. The second kappa shape index (κ2) is 26.8. The van der Waals surface area contributed by atoms with Crippen LogP contribution in [-0.4, -0.2) is 71.1 Å². The number of aryl methyl sites for hydroxylation is 9. The van der Waals surface area contributed by atoms with Crippen molar-refractivity contribution in [2.24, 2.45) is 0 Å². The van der Waals surface area contributed by atoms with Crippen LogP contribution in [0.5, 0.6) is 0 Å². The van der Waals surface area contributed by atoms with Crippen molar-refractivity contribution in [1.29, 1.82) is 0 Å².